The van der Waals surface area contributed by atoms with Gasteiger partial charge >= 0.3 is 5.97 Å². The smallest absolute Gasteiger partial charge is 0.313 e. The molecule has 1 aliphatic carbocycles. The Morgan fingerprint density at radius 1 is 1.13 bits per heavy atom. The molecule has 128 valence electrons. The van der Waals surface area contributed by atoms with Crippen LogP contribution in [-0.2, 0) is 4.79 Å². The molecule has 5 nitrogen and oxygen atoms in total. The Morgan fingerprint density at radius 3 is 2.43 bits per heavy atom. The number of thioether (sulfide) groups is 1. The lowest BCUT2D eigenvalue weighted by Gasteiger charge is -2.32. The van der Waals surface area contributed by atoms with Crippen LogP contribution in [0.1, 0.15) is 37.2 Å². The summed E-state index contributed by atoms with van der Waals surface area (Å²) in [4.78, 5) is 10.9. The second-order valence-corrected chi connectivity index (χ2v) is 6.79. The highest BCUT2D eigenvalue weighted by Crippen LogP contribution is 2.48. The second kappa shape index (κ2) is 8.34. The predicted octanol–water partition coefficient (Wildman–Crippen LogP) is 3.56. The van der Waals surface area contributed by atoms with E-state index in [1.54, 1.807) is 21.3 Å². The molecule has 1 N–H and O–H groups in total. The van der Waals surface area contributed by atoms with E-state index >= 15 is 0 Å². The predicted molar refractivity (Wildman–Crippen MR) is 91.2 cm³/mol. The van der Waals surface area contributed by atoms with E-state index in [0.717, 1.165) is 31.2 Å². The molecule has 0 unspecified atom stereocenters. The number of carboxylic acid groups (broad SMARTS) is 1. The number of ether oxygens (including phenoxy) is 3. The average Bonchev–Trinajstić information content (AvgIpc) is 2.58. The molecule has 0 saturated heterocycles. The maximum Gasteiger partial charge on any atom is 0.313 e. The second-order valence-electron chi connectivity index (χ2n) is 5.56. The Labute approximate surface area is 141 Å². The third-order valence-corrected chi connectivity index (χ3v) is 5.66. The van der Waals surface area contributed by atoms with Crippen molar-refractivity contribution in [1.29, 1.82) is 0 Å². The Bertz CT molecular complexity index is 546. The van der Waals surface area contributed by atoms with Crippen molar-refractivity contribution >= 4 is 17.7 Å². The number of aliphatic carboxylic acids is 1. The molecule has 6 heteroatoms. The first-order valence-electron chi connectivity index (χ1n) is 7.74. The first-order valence-corrected chi connectivity index (χ1v) is 8.79. The highest BCUT2D eigenvalue weighted by Gasteiger charge is 2.31. The lowest BCUT2D eigenvalue weighted by molar-refractivity contribution is -0.133. The minimum absolute atomic E-state index is 0.136. The fourth-order valence-corrected chi connectivity index (χ4v) is 4.45. The van der Waals surface area contributed by atoms with Gasteiger partial charge in [0.15, 0.2) is 11.5 Å². The van der Waals surface area contributed by atoms with E-state index in [-0.39, 0.29) is 16.9 Å². The van der Waals surface area contributed by atoms with Crippen LogP contribution >= 0.6 is 11.8 Å². The van der Waals surface area contributed by atoms with Crippen molar-refractivity contribution in [2.75, 3.05) is 27.1 Å². The van der Waals surface area contributed by atoms with Gasteiger partial charge in [-0.25, -0.2) is 0 Å². The van der Waals surface area contributed by atoms with Gasteiger partial charge in [0.25, 0.3) is 0 Å². The number of benzene rings is 1. The highest BCUT2D eigenvalue weighted by atomic mass is 32.2. The first kappa shape index (κ1) is 17.8. The van der Waals surface area contributed by atoms with Crippen LogP contribution in [0.5, 0.6) is 17.2 Å². The molecule has 0 aliphatic heterocycles. The van der Waals surface area contributed by atoms with Crippen molar-refractivity contribution in [2.24, 2.45) is 0 Å². The van der Waals surface area contributed by atoms with Crippen molar-refractivity contribution in [3.05, 3.63) is 17.7 Å². The number of hydrogen-bond donors (Lipinski definition) is 1. The molecule has 0 spiro atoms. The summed E-state index contributed by atoms with van der Waals surface area (Å²) >= 11 is 1.52. The van der Waals surface area contributed by atoms with Crippen molar-refractivity contribution < 1.29 is 24.1 Å². The van der Waals surface area contributed by atoms with Gasteiger partial charge in [-0.1, -0.05) is 18.9 Å². The van der Waals surface area contributed by atoms with Gasteiger partial charge in [0, 0.05) is 10.8 Å². The molecule has 1 aliphatic rings. The molecule has 0 heterocycles. The van der Waals surface area contributed by atoms with Crippen molar-refractivity contribution in [1.82, 2.24) is 0 Å². The summed E-state index contributed by atoms with van der Waals surface area (Å²) in [7, 11) is 4.83. The first-order chi connectivity index (χ1) is 11.1. The van der Waals surface area contributed by atoms with Gasteiger partial charge in [0.2, 0.25) is 5.75 Å². The highest BCUT2D eigenvalue weighted by molar-refractivity contribution is 8.00. The van der Waals surface area contributed by atoms with Gasteiger partial charge in [-0.3, -0.25) is 4.79 Å². The lowest BCUT2D eigenvalue weighted by atomic mass is 9.83. The Hall–Kier alpha value is -1.56. The summed E-state index contributed by atoms with van der Waals surface area (Å²) in [6.45, 7) is 0. The van der Waals surface area contributed by atoms with E-state index in [4.69, 9.17) is 19.3 Å². The quantitative estimate of drug-likeness (QED) is 0.819. The zero-order valence-corrected chi connectivity index (χ0v) is 14.6. The van der Waals surface area contributed by atoms with Gasteiger partial charge in [-0.15, -0.1) is 11.8 Å². The summed E-state index contributed by atoms with van der Waals surface area (Å²) in [5, 5.41) is 9.25. The molecule has 1 aromatic rings. The minimum Gasteiger partial charge on any atom is -0.493 e. The molecular formula is C17H24O5S. The molecule has 2 atom stereocenters. The van der Waals surface area contributed by atoms with Crippen molar-refractivity contribution in [2.45, 2.75) is 36.9 Å². The van der Waals surface area contributed by atoms with Gasteiger partial charge in [0.1, 0.15) is 0 Å². The standard InChI is InChI=1S/C17H24O5S/c1-20-13-9-8-12(16(21-2)17(13)22-3)11-6-4-5-7-14(11)23-10-15(18)19/h8-9,11,14H,4-7,10H2,1-3H3,(H,18,19)/t11-,14-/m1/s1. The zero-order chi connectivity index (χ0) is 16.8. The SMILES string of the molecule is COc1ccc([C@H]2CCCC[C@H]2SCC(=O)O)c(OC)c1OC. The molecule has 23 heavy (non-hydrogen) atoms. The van der Waals surface area contributed by atoms with Crippen molar-refractivity contribution in [3.63, 3.8) is 0 Å². The van der Waals surface area contributed by atoms with Gasteiger partial charge in [-0.05, 0) is 24.8 Å². The third kappa shape index (κ3) is 4.05. The van der Waals surface area contributed by atoms with E-state index in [9.17, 15) is 4.79 Å². The fraction of sp³-hybridized carbons (Fsp3) is 0.588. The third-order valence-electron chi connectivity index (χ3n) is 4.26. The molecule has 0 amide bonds. The fourth-order valence-electron chi connectivity index (χ4n) is 3.25. The number of hydrogen-bond acceptors (Lipinski definition) is 5. The maximum absolute atomic E-state index is 10.9. The summed E-state index contributed by atoms with van der Waals surface area (Å²) in [5.74, 6) is 1.57. The van der Waals surface area contributed by atoms with E-state index in [2.05, 4.69) is 0 Å². The van der Waals surface area contributed by atoms with Crippen LogP contribution in [0.3, 0.4) is 0 Å². The molecule has 0 bridgehead atoms. The molecule has 1 saturated carbocycles. The van der Waals surface area contributed by atoms with Crippen molar-refractivity contribution in [3.8, 4) is 17.2 Å². The van der Waals surface area contributed by atoms with E-state index < -0.39 is 5.97 Å². The topological polar surface area (TPSA) is 65.0 Å². The summed E-state index contributed by atoms with van der Waals surface area (Å²) < 4.78 is 16.4. The largest absolute Gasteiger partial charge is 0.493 e. The molecule has 1 aromatic carbocycles. The van der Waals surface area contributed by atoms with Gasteiger partial charge < -0.3 is 19.3 Å². The molecule has 1 fully saturated rings. The maximum atomic E-state index is 10.9. The van der Waals surface area contributed by atoms with E-state index in [0.29, 0.717) is 17.2 Å². The summed E-state index contributed by atoms with van der Waals surface area (Å²) in [5.41, 5.74) is 1.08. The van der Waals surface area contributed by atoms with Crippen LogP contribution in [0.25, 0.3) is 0 Å². The van der Waals surface area contributed by atoms with Gasteiger partial charge in [-0.2, -0.15) is 0 Å². The number of methoxy groups -OCH3 is 3. The zero-order valence-electron chi connectivity index (χ0n) is 13.8. The van der Waals surface area contributed by atoms with Crippen LogP contribution in [0.15, 0.2) is 12.1 Å². The van der Waals surface area contributed by atoms with E-state index in [1.807, 2.05) is 12.1 Å². The number of carbonyl (C=O) groups is 1. The van der Waals surface area contributed by atoms with Crippen LogP contribution in [0.2, 0.25) is 0 Å². The van der Waals surface area contributed by atoms with Crippen LogP contribution < -0.4 is 14.2 Å². The molecule has 0 aromatic heterocycles. The minimum atomic E-state index is -0.765. The number of carboxylic acids is 1. The van der Waals surface area contributed by atoms with Crippen LogP contribution in [0.4, 0.5) is 0 Å². The Morgan fingerprint density at radius 2 is 1.83 bits per heavy atom. The van der Waals surface area contributed by atoms with E-state index in [1.165, 1.54) is 11.8 Å². The average molecular weight is 340 g/mol. The molecule has 0 radical (unpaired) electrons. The lowest BCUT2D eigenvalue weighted by Crippen LogP contribution is -2.22. The molecular weight excluding hydrogens is 316 g/mol. The normalized spacial score (nSPS) is 20.8. The van der Waals surface area contributed by atoms with Gasteiger partial charge in [0.05, 0.1) is 27.1 Å². The molecule has 2 rings (SSSR count). The monoisotopic (exact) mass is 340 g/mol. The van der Waals surface area contributed by atoms with Crippen LogP contribution in [0, 0.1) is 0 Å². The Kier molecular flexibility index (Phi) is 6.45. The van der Waals surface area contributed by atoms with Crippen LogP contribution in [-0.4, -0.2) is 43.4 Å². The summed E-state index contributed by atoms with van der Waals surface area (Å²) in [6.07, 6.45) is 4.35. The number of rotatable bonds is 7. The Balaban J connectivity index is 2.35. The summed E-state index contributed by atoms with van der Waals surface area (Å²) in [6, 6.07) is 3.91.